The maximum atomic E-state index is 4.59. The SMILES string of the molecule is CCCCCCC(S)(S)CCCC. The van der Waals surface area contributed by atoms with Gasteiger partial charge in [-0.2, -0.15) is 25.3 Å². The summed E-state index contributed by atoms with van der Waals surface area (Å²) in [5.41, 5.74) is 0. The maximum Gasteiger partial charge on any atom is 0.0552 e. The summed E-state index contributed by atoms with van der Waals surface area (Å²) in [6.07, 6.45) is 10.1. The van der Waals surface area contributed by atoms with Crippen LogP contribution in [-0.4, -0.2) is 4.08 Å². The average Bonchev–Trinajstić information content (AvgIpc) is 2.09. The van der Waals surface area contributed by atoms with E-state index in [1.54, 1.807) is 0 Å². The fourth-order valence-electron chi connectivity index (χ4n) is 1.42. The number of unbranched alkanes of at least 4 members (excludes halogenated alkanes) is 4. The molecular weight excluding hydrogens is 196 g/mol. The van der Waals surface area contributed by atoms with Crippen molar-refractivity contribution < 1.29 is 0 Å². The summed E-state index contributed by atoms with van der Waals surface area (Å²) in [5.74, 6) is 0. The van der Waals surface area contributed by atoms with E-state index in [-0.39, 0.29) is 4.08 Å². The Kier molecular flexibility index (Phi) is 8.48. The van der Waals surface area contributed by atoms with Crippen LogP contribution in [0.4, 0.5) is 0 Å². The summed E-state index contributed by atoms with van der Waals surface area (Å²) in [6, 6.07) is 0. The molecule has 0 atom stereocenters. The second-order valence-electron chi connectivity index (χ2n) is 3.90. The molecule has 0 aromatic rings. The van der Waals surface area contributed by atoms with Gasteiger partial charge in [0.2, 0.25) is 0 Å². The summed E-state index contributed by atoms with van der Waals surface area (Å²) in [4.78, 5) is 0. The molecule has 80 valence electrons. The third-order valence-electron chi connectivity index (χ3n) is 2.36. The van der Waals surface area contributed by atoms with E-state index in [2.05, 4.69) is 39.1 Å². The van der Waals surface area contributed by atoms with Crippen molar-refractivity contribution in [2.75, 3.05) is 0 Å². The van der Waals surface area contributed by atoms with Crippen LogP contribution < -0.4 is 0 Å². The highest BCUT2D eigenvalue weighted by atomic mass is 32.2. The normalized spacial score (nSPS) is 12.0. The largest absolute Gasteiger partial charge is 0.162 e. The average molecular weight is 220 g/mol. The van der Waals surface area contributed by atoms with Crippen molar-refractivity contribution in [3.05, 3.63) is 0 Å². The van der Waals surface area contributed by atoms with Gasteiger partial charge in [-0.25, -0.2) is 0 Å². The summed E-state index contributed by atoms with van der Waals surface area (Å²) in [7, 11) is 0. The van der Waals surface area contributed by atoms with Crippen molar-refractivity contribution in [2.45, 2.75) is 69.3 Å². The molecule has 0 aromatic carbocycles. The Bertz CT molecular complexity index is 111. The van der Waals surface area contributed by atoms with Gasteiger partial charge in [0, 0.05) is 0 Å². The Hall–Kier alpha value is 0.700. The zero-order valence-corrected chi connectivity index (χ0v) is 10.8. The molecule has 0 aliphatic heterocycles. The van der Waals surface area contributed by atoms with E-state index in [9.17, 15) is 0 Å². The molecule has 0 N–H and O–H groups in total. The van der Waals surface area contributed by atoms with Crippen molar-refractivity contribution in [3.8, 4) is 0 Å². The van der Waals surface area contributed by atoms with Crippen LogP contribution in [0, 0.1) is 0 Å². The Morgan fingerprint density at radius 3 is 1.85 bits per heavy atom. The Morgan fingerprint density at radius 2 is 1.31 bits per heavy atom. The minimum atomic E-state index is -0.0102. The standard InChI is InChI=1S/C11H24S2/c1-3-5-7-8-10-11(12,13)9-6-4-2/h12-13H,3-10H2,1-2H3. The highest BCUT2D eigenvalue weighted by Gasteiger charge is 2.18. The van der Waals surface area contributed by atoms with Gasteiger partial charge in [-0.05, 0) is 12.8 Å². The van der Waals surface area contributed by atoms with Crippen LogP contribution in [-0.2, 0) is 0 Å². The van der Waals surface area contributed by atoms with Gasteiger partial charge in [-0.3, -0.25) is 0 Å². The van der Waals surface area contributed by atoms with Crippen molar-refractivity contribution in [2.24, 2.45) is 0 Å². The fraction of sp³-hybridized carbons (Fsp3) is 1.00. The van der Waals surface area contributed by atoms with Gasteiger partial charge < -0.3 is 0 Å². The summed E-state index contributed by atoms with van der Waals surface area (Å²) >= 11 is 9.17. The number of thiol groups is 2. The zero-order chi connectivity index (χ0) is 10.2. The predicted octanol–water partition coefficient (Wildman–Crippen LogP) is 4.70. The van der Waals surface area contributed by atoms with Gasteiger partial charge >= 0.3 is 0 Å². The number of rotatable bonds is 8. The summed E-state index contributed by atoms with van der Waals surface area (Å²) in [5, 5.41) is 0. The molecule has 0 rings (SSSR count). The molecule has 0 amide bonds. The Morgan fingerprint density at radius 1 is 0.769 bits per heavy atom. The Labute approximate surface area is 94.7 Å². The maximum absolute atomic E-state index is 4.59. The highest BCUT2D eigenvalue weighted by Crippen LogP contribution is 2.32. The molecule has 2 heteroatoms. The van der Waals surface area contributed by atoms with Gasteiger partial charge in [-0.15, -0.1) is 0 Å². The van der Waals surface area contributed by atoms with E-state index in [1.165, 1.54) is 38.5 Å². The minimum Gasteiger partial charge on any atom is -0.162 e. The van der Waals surface area contributed by atoms with Crippen molar-refractivity contribution >= 4 is 25.3 Å². The van der Waals surface area contributed by atoms with Crippen LogP contribution in [0.5, 0.6) is 0 Å². The quantitative estimate of drug-likeness (QED) is 0.330. The molecular formula is C11H24S2. The molecule has 0 radical (unpaired) electrons. The first-order chi connectivity index (χ1) is 6.12. The summed E-state index contributed by atoms with van der Waals surface area (Å²) in [6.45, 7) is 4.46. The van der Waals surface area contributed by atoms with Gasteiger partial charge in [-0.1, -0.05) is 52.4 Å². The van der Waals surface area contributed by atoms with Crippen LogP contribution in [0.1, 0.15) is 65.2 Å². The molecule has 0 aliphatic carbocycles. The smallest absolute Gasteiger partial charge is 0.0552 e. The van der Waals surface area contributed by atoms with E-state index in [1.807, 2.05) is 0 Å². The van der Waals surface area contributed by atoms with E-state index in [0.717, 1.165) is 12.8 Å². The lowest BCUT2D eigenvalue weighted by Gasteiger charge is -2.22. The first kappa shape index (κ1) is 13.7. The molecule has 0 heterocycles. The topological polar surface area (TPSA) is 0 Å². The lowest BCUT2D eigenvalue weighted by Crippen LogP contribution is -2.12. The first-order valence-electron chi connectivity index (χ1n) is 5.57. The fourth-order valence-corrected chi connectivity index (χ4v) is 2.05. The van der Waals surface area contributed by atoms with Crippen LogP contribution in [0.15, 0.2) is 0 Å². The lowest BCUT2D eigenvalue weighted by atomic mass is 10.1. The van der Waals surface area contributed by atoms with Gasteiger partial charge in [0.05, 0.1) is 4.08 Å². The monoisotopic (exact) mass is 220 g/mol. The molecule has 0 aliphatic rings. The van der Waals surface area contributed by atoms with E-state index >= 15 is 0 Å². The number of hydrogen-bond donors (Lipinski definition) is 2. The Balaban J connectivity index is 3.39. The van der Waals surface area contributed by atoms with Crippen LogP contribution >= 0.6 is 25.3 Å². The van der Waals surface area contributed by atoms with Gasteiger partial charge in [0.25, 0.3) is 0 Å². The molecule has 0 aromatic heterocycles. The molecule has 0 nitrogen and oxygen atoms in total. The summed E-state index contributed by atoms with van der Waals surface area (Å²) < 4.78 is -0.0102. The third-order valence-corrected chi connectivity index (χ3v) is 3.26. The molecule has 0 saturated heterocycles. The van der Waals surface area contributed by atoms with Crippen LogP contribution in [0.25, 0.3) is 0 Å². The predicted molar refractivity (Wildman–Crippen MR) is 69.0 cm³/mol. The van der Waals surface area contributed by atoms with E-state index in [0.29, 0.717) is 0 Å². The second-order valence-corrected chi connectivity index (χ2v) is 5.96. The van der Waals surface area contributed by atoms with Crippen LogP contribution in [0.2, 0.25) is 0 Å². The van der Waals surface area contributed by atoms with Gasteiger partial charge in [0.1, 0.15) is 0 Å². The van der Waals surface area contributed by atoms with Crippen LogP contribution in [0.3, 0.4) is 0 Å². The van der Waals surface area contributed by atoms with Crippen molar-refractivity contribution in [1.29, 1.82) is 0 Å². The zero-order valence-electron chi connectivity index (χ0n) is 9.05. The highest BCUT2D eigenvalue weighted by molar-refractivity contribution is 8.00. The molecule has 0 bridgehead atoms. The molecule has 0 unspecified atom stereocenters. The minimum absolute atomic E-state index is 0.0102. The van der Waals surface area contributed by atoms with Crippen molar-refractivity contribution in [1.82, 2.24) is 0 Å². The third kappa shape index (κ3) is 9.01. The molecule has 0 saturated carbocycles. The van der Waals surface area contributed by atoms with Crippen molar-refractivity contribution in [3.63, 3.8) is 0 Å². The van der Waals surface area contributed by atoms with Gasteiger partial charge in [0.15, 0.2) is 0 Å². The van der Waals surface area contributed by atoms with E-state index < -0.39 is 0 Å². The van der Waals surface area contributed by atoms with E-state index in [4.69, 9.17) is 0 Å². The molecule has 0 spiro atoms. The number of hydrogen-bond acceptors (Lipinski definition) is 2. The lowest BCUT2D eigenvalue weighted by molar-refractivity contribution is 0.563. The second kappa shape index (κ2) is 8.05. The molecule has 13 heavy (non-hydrogen) atoms. The molecule has 0 fully saturated rings. The first-order valence-corrected chi connectivity index (χ1v) is 6.46.